The summed E-state index contributed by atoms with van der Waals surface area (Å²) in [5.41, 5.74) is 3.22. The highest BCUT2D eigenvalue weighted by Gasteiger charge is 2.32. The molecule has 440 valence electrons. The summed E-state index contributed by atoms with van der Waals surface area (Å²) in [6.45, 7) is -2.65. The summed E-state index contributed by atoms with van der Waals surface area (Å²) < 4.78 is 90.9. The zero-order valence-corrected chi connectivity index (χ0v) is 48.0. The first kappa shape index (κ1) is 61.4. The maximum Gasteiger partial charge on any atom is 0.475 e. The zero-order valence-electron chi connectivity index (χ0n) is 44.8. The van der Waals surface area contributed by atoms with E-state index in [4.69, 9.17) is 62.6 Å². The molecule has 29 heteroatoms. The highest BCUT2D eigenvalue weighted by atomic mass is 35.5. The minimum absolute atomic E-state index is 0.0821. The Morgan fingerprint density at radius 1 is 0.488 bits per heavy atom. The fraction of sp³-hybridized carbons (Fsp3) is 0.158. The monoisotopic (exact) mass is 1250 g/mol. The molecule has 22 nitrogen and oxygen atoms in total. The molecule has 0 bridgehead atoms. The van der Waals surface area contributed by atoms with Gasteiger partial charge in [0.25, 0.3) is 0 Å². The van der Waals surface area contributed by atoms with Crippen LogP contribution in [0.15, 0.2) is 110 Å². The second kappa shape index (κ2) is 26.8. The number of pyridine rings is 3. The van der Waals surface area contributed by atoms with Crippen LogP contribution in [-0.4, -0.2) is 90.1 Å². The molecule has 0 aliphatic heterocycles. The molecule has 0 aliphatic rings. The number of phosphoric acid groups is 1. The molecule has 0 aliphatic carbocycles. The van der Waals surface area contributed by atoms with Gasteiger partial charge in [0.2, 0.25) is 0 Å². The van der Waals surface area contributed by atoms with Gasteiger partial charge in [-0.1, -0.05) is 34.8 Å². The fourth-order valence-corrected chi connectivity index (χ4v) is 10.3. The summed E-state index contributed by atoms with van der Waals surface area (Å²) >= 11 is 18.1. The maximum absolute atomic E-state index is 14.8. The van der Waals surface area contributed by atoms with E-state index >= 15 is 0 Å². The number of methoxy groups -OCH3 is 3. The first-order valence-corrected chi connectivity index (χ1v) is 27.7. The van der Waals surface area contributed by atoms with Crippen molar-refractivity contribution in [1.29, 1.82) is 15.8 Å². The molecular weight excluding hydrogens is 1210 g/mol. The van der Waals surface area contributed by atoms with Crippen molar-refractivity contribution in [1.82, 2.24) is 15.0 Å². The predicted molar refractivity (Wildman–Crippen MR) is 317 cm³/mol. The van der Waals surface area contributed by atoms with Crippen LogP contribution in [0.4, 0.5) is 64.4 Å². The van der Waals surface area contributed by atoms with Crippen LogP contribution < -0.4 is 46.1 Å². The molecule has 0 fully saturated rings. The van der Waals surface area contributed by atoms with E-state index in [9.17, 15) is 48.8 Å². The number of aliphatic hydroxyl groups is 3. The SMILES string of the molecule is COc1cc2ncc(C#N)c(Nc3ccc(F)c(Cl)c3)c2cc1NC(O)COP(=O)(OCC(O)Nc1cc2c(Nc3ccc(F)c(Cl)c3)c(C#N)cnc2cc1OC)OCC(O)Nc1cc2c(Nc3ccc(F)c(Cl)c3)c(C#N)cnc2cc1OC. The van der Waals surface area contributed by atoms with Gasteiger partial charge < -0.3 is 61.4 Å². The molecule has 9 N–H and O–H groups in total. The fourth-order valence-electron chi connectivity index (χ4n) is 8.58. The van der Waals surface area contributed by atoms with Crippen LogP contribution in [0.25, 0.3) is 32.7 Å². The predicted octanol–water partition coefficient (Wildman–Crippen LogP) is 12.3. The van der Waals surface area contributed by atoms with E-state index in [-0.39, 0.29) is 83.1 Å². The van der Waals surface area contributed by atoms with E-state index in [0.29, 0.717) is 49.8 Å². The lowest BCUT2D eigenvalue weighted by atomic mass is 10.1. The molecule has 3 atom stereocenters. The van der Waals surface area contributed by atoms with Crippen LogP contribution in [0.3, 0.4) is 0 Å². The van der Waals surface area contributed by atoms with Gasteiger partial charge in [0.1, 0.15) is 91.4 Å². The van der Waals surface area contributed by atoms with Gasteiger partial charge in [0, 0.05) is 70.0 Å². The first-order valence-electron chi connectivity index (χ1n) is 25.1. The summed E-state index contributed by atoms with van der Waals surface area (Å²) in [7, 11) is -1.01. The zero-order chi connectivity index (χ0) is 61.4. The van der Waals surface area contributed by atoms with Crippen LogP contribution in [0.5, 0.6) is 17.2 Å². The van der Waals surface area contributed by atoms with Crippen molar-refractivity contribution in [3.63, 3.8) is 0 Å². The number of anilines is 9. The van der Waals surface area contributed by atoms with Crippen molar-refractivity contribution < 1.29 is 60.8 Å². The number of aromatic nitrogens is 3. The van der Waals surface area contributed by atoms with Gasteiger partial charge in [-0.3, -0.25) is 28.5 Å². The summed E-state index contributed by atoms with van der Waals surface area (Å²) in [5, 5.41) is 82.7. The van der Waals surface area contributed by atoms with E-state index in [1.807, 2.05) is 0 Å². The molecule has 0 saturated carbocycles. The number of hydrogen-bond donors (Lipinski definition) is 9. The van der Waals surface area contributed by atoms with Gasteiger partial charge >= 0.3 is 7.82 Å². The van der Waals surface area contributed by atoms with Crippen LogP contribution in [-0.2, 0) is 18.1 Å². The number of nitrogens with zero attached hydrogens (tertiary/aromatic N) is 6. The number of halogens is 6. The number of nitrogens with one attached hydrogen (secondary N) is 6. The third kappa shape index (κ3) is 14.0. The lowest BCUT2D eigenvalue weighted by Crippen LogP contribution is -2.29. The molecule has 3 unspecified atom stereocenters. The average molecular weight is 1250 g/mol. The molecule has 0 amide bonds. The van der Waals surface area contributed by atoms with E-state index in [0.717, 1.165) is 18.2 Å². The smallest absolute Gasteiger partial charge is 0.475 e. The molecular formula is C57H45Cl3F3N12O10P. The highest BCUT2D eigenvalue weighted by Crippen LogP contribution is 2.50. The molecule has 3 heterocycles. The molecule has 9 aromatic rings. The number of benzene rings is 6. The van der Waals surface area contributed by atoms with Crippen molar-refractivity contribution in [2.75, 3.05) is 73.1 Å². The number of fused-ring (bicyclic) bond motifs is 3. The molecule has 0 radical (unpaired) electrons. The number of ether oxygens (including phenoxy) is 3. The van der Waals surface area contributed by atoms with E-state index < -0.39 is 63.8 Å². The molecule has 0 spiro atoms. The minimum atomic E-state index is -5.04. The Kier molecular flexibility index (Phi) is 19.2. The van der Waals surface area contributed by atoms with Crippen molar-refractivity contribution in [2.45, 2.75) is 18.7 Å². The van der Waals surface area contributed by atoms with Crippen molar-refractivity contribution >= 4 is 127 Å². The third-order valence-electron chi connectivity index (χ3n) is 12.6. The first-order chi connectivity index (χ1) is 41.3. The van der Waals surface area contributed by atoms with E-state index in [1.165, 1.54) is 113 Å². The Morgan fingerprint density at radius 3 is 1.01 bits per heavy atom. The molecule has 3 aromatic heterocycles. The summed E-state index contributed by atoms with van der Waals surface area (Å²) in [4.78, 5) is 13.1. The van der Waals surface area contributed by atoms with Gasteiger partial charge in [-0.25, -0.2) is 17.7 Å². The Balaban J connectivity index is 0.986. The lowest BCUT2D eigenvalue weighted by molar-refractivity contribution is 0.0334. The van der Waals surface area contributed by atoms with Gasteiger partial charge in [0.15, 0.2) is 0 Å². The molecule has 6 aromatic carbocycles. The largest absolute Gasteiger partial charge is 0.495 e. The van der Waals surface area contributed by atoms with Gasteiger partial charge in [0.05, 0.1) is 104 Å². The van der Waals surface area contributed by atoms with Crippen LogP contribution >= 0.6 is 42.6 Å². The lowest BCUT2D eigenvalue weighted by Gasteiger charge is -2.25. The van der Waals surface area contributed by atoms with Gasteiger partial charge in [-0.15, -0.1) is 0 Å². The van der Waals surface area contributed by atoms with Crippen molar-refractivity contribution in [3.05, 3.63) is 159 Å². The van der Waals surface area contributed by atoms with E-state index in [1.54, 1.807) is 0 Å². The Labute approximate surface area is 501 Å². The second-order valence-corrected chi connectivity index (χ2v) is 21.2. The average Bonchev–Trinajstić information content (AvgIpc) is 1.07. The Hall–Kier alpha value is -9.13. The quantitative estimate of drug-likeness (QED) is 0.0200. The number of rotatable bonds is 24. The number of nitriles is 3. The van der Waals surface area contributed by atoms with Crippen LogP contribution in [0.2, 0.25) is 15.1 Å². The molecule has 9 rings (SSSR count). The maximum atomic E-state index is 14.8. The van der Waals surface area contributed by atoms with Crippen LogP contribution in [0.1, 0.15) is 16.7 Å². The summed E-state index contributed by atoms with van der Waals surface area (Å²) in [6.07, 6.45) is -1.36. The molecule has 86 heavy (non-hydrogen) atoms. The van der Waals surface area contributed by atoms with Crippen molar-refractivity contribution in [3.8, 4) is 35.5 Å². The number of aliphatic hydroxyl groups excluding tert-OH is 3. The second-order valence-electron chi connectivity index (χ2n) is 18.3. The van der Waals surface area contributed by atoms with E-state index in [2.05, 4.69) is 65.1 Å². The highest BCUT2D eigenvalue weighted by molar-refractivity contribution is 7.48. The summed E-state index contributed by atoms with van der Waals surface area (Å²) in [6, 6.07) is 26.7. The normalized spacial score (nSPS) is 12.9. The number of hydrogen-bond acceptors (Lipinski definition) is 22. The topological polar surface area (TPSA) is 315 Å². The van der Waals surface area contributed by atoms with Gasteiger partial charge in [-0.2, -0.15) is 15.8 Å². The summed E-state index contributed by atoms with van der Waals surface area (Å²) in [5.74, 6) is -1.58. The van der Waals surface area contributed by atoms with Crippen LogP contribution in [0, 0.1) is 51.4 Å². The Morgan fingerprint density at radius 2 is 0.767 bits per heavy atom. The number of phosphoric ester groups is 1. The molecule has 0 saturated heterocycles. The Bertz CT molecular complexity index is 3850. The van der Waals surface area contributed by atoms with Crippen molar-refractivity contribution in [2.24, 2.45) is 0 Å². The minimum Gasteiger partial charge on any atom is -0.495 e. The third-order valence-corrected chi connectivity index (χ3v) is 14.9. The standard InChI is InChI=1S/C57H45Cl3F3N12O10P/c1-80-49-16-43-34(55(28(19-64)22-67-43)70-31-4-7-40(61)37(58)10-31)13-46(49)73-52(76)25-83-86(79,84-26-53(77)74-47-14-35-44(17-50(47)81-2)68-23-29(20-65)56(35)71-32-5-8-41(62)38(59)11-32)85-27-54(78)75-48-15-36-45(18-51(48)82-3)69-24-30(21-66)57(36)72-33-6-9-42(63)39(60)12-33/h4-18,22-24,52-54,73-78H,25-27H2,1-3H3,(H,67,70)(H,68,71)(H,69,72). The van der Waals surface area contributed by atoms with Gasteiger partial charge in [-0.05, 0) is 72.8 Å².